The molecule has 28 heavy (non-hydrogen) atoms. The molecule has 0 fully saturated rings. The number of aromatic nitrogens is 2. The summed E-state index contributed by atoms with van der Waals surface area (Å²) < 4.78 is 27.3. The molecule has 0 aliphatic carbocycles. The number of sulfonamides is 1. The highest BCUT2D eigenvalue weighted by Crippen LogP contribution is 2.21. The molecule has 0 saturated heterocycles. The molecule has 2 aromatic carbocycles. The highest BCUT2D eigenvalue weighted by molar-refractivity contribution is 7.91. The Morgan fingerprint density at radius 2 is 1.75 bits per heavy atom. The number of nitrogens with zero attached hydrogens (tertiary/aromatic N) is 2. The van der Waals surface area contributed by atoms with Gasteiger partial charge in [-0.25, -0.2) is 13.1 Å². The SMILES string of the molecule is Cc1ccc(C(=O)Nc2nnc(S(=O)(=O)NC[C@H](C)c3ccccc3)s2)cc1. The lowest BCUT2D eigenvalue weighted by Gasteiger charge is -2.12. The summed E-state index contributed by atoms with van der Waals surface area (Å²) in [6.07, 6.45) is 0. The Morgan fingerprint density at radius 1 is 1.07 bits per heavy atom. The first kappa shape index (κ1) is 20.1. The summed E-state index contributed by atoms with van der Waals surface area (Å²) in [5.41, 5.74) is 2.53. The fraction of sp³-hybridized carbons (Fsp3) is 0.211. The fourth-order valence-corrected chi connectivity index (χ4v) is 4.51. The minimum absolute atomic E-state index is 0.00427. The maximum atomic E-state index is 12.5. The van der Waals surface area contributed by atoms with E-state index in [-0.39, 0.29) is 27.8 Å². The summed E-state index contributed by atoms with van der Waals surface area (Å²) >= 11 is 0.809. The third-order valence-electron chi connectivity index (χ3n) is 4.12. The average Bonchev–Trinajstić information content (AvgIpc) is 3.17. The third kappa shape index (κ3) is 5.00. The summed E-state index contributed by atoms with van der Waals surface area (Å²) in [6.45, 7) is 4.09. The molecule has 1 atom stereocenters. The van der Waals surface area contributed by atoms with Gasteiger partial charge in [0.1, 0.15) is 0 Å². The van der Waals surface area contributed by atoms with Gasteiger partial charge < -0.3 is 0 Å². The maximum Gasteiger partial charge on any atom is 0.269 e. The third-order valence-corrected chi connectivity index (χ3v) is 6.75. The molecule has 0 unspecified atom stereocenters. The lowest BCUT2D eigenvalue weighted by molar-refractivity contribution is 0.102. The minimum atomic E-state index is -3.80. The number of amides is 1. The van der Waals surface area contributed by atoms with Crippen molar-refractivity contribution in [3.63, 3.8) is 0 Å². The van der Waals surface area contributed by atoms with Gasteiger partial charge in [0.05, 0.1) is 0 Å². The Balaban J connectivity index is 1.63. The molecule has 3 aromatic rings. The zero-order valence-corrected chi connectivity index (χ0v) is 17.0. The van der Waals surface area contributed by atoms with Crippen LogP contribution in [-0.2, 0) is 10.0 Å². The zero-order chi connectivity index (χ0) is 20.1. The molecule has 1 amide bonds. The lowest BCUT2D eigenvalue weighted by Crippen LogP contribution is -2.27. The van der Waals surface area contributed by atoms with E-state index in [0.29, 0.717) is 5.56 Å². The predicted molar refractivity (Wildman–Crippen MR) is 109 cm³/mol. The van der Waals surface area contributed by atoms with Crippen LogP contribution in [0.3, 0.4) is 0 Å². The van der Waals surface area contributed by atoms with Gasteiger partial charge in [0.15, 0.2) is 0 Å². The quantitative estimate of drug-likeness (QED) is 0.576. The molecule has 0 aliphatic heterocycles. The largest absolute Gasteiger partial charge is 0.296 e. The molecule has 1 aromatic heterocycles. The van der Waals surface area contributed by atoms with Gasteiger partial charge in [-0.3, -0.25) is 10.1 Å². The number of carbonyl (C=O) groups is 1. The topological polar surface area (TPSA) is 101 Å². The molecule has 3 rings (SSSR count). The predicted octanol–water partition coefficient (Wildman–Crippen LogP) is 3.18. The number of rotatable bonds is 7. The summed E-state index contributed by atoms with van der Waals surface area (Å²) in [5, 5.41) is 10.2. The Morgan fingerprint density at radius 3 is 2.43 bits per heavy atom. The van der Waals surface area contributed by atoms with E-state index < -0.39 is 10.0 Å². The zero-order valence-electron chi connectivity index (χ0n) is 15.4. The molecule has 0 saturated carbocycles. The summed E-state index contributed by atoms with van der Waals surface area (Å²) in [7, 11) is -3.80. The second-order valence-corrected chi connectivity index (χ2v) is 9.28. The molecular weight excluding hydrogens is 396 g/mol. The van der Waals surface area contributed by atoms with Crippen LogP contribution in [0.5, 0.6) is 0 Å². The van der Waals surface area contributed by atoms with Crippen molar-refractivity contribution in [1.29, 1.82) is 0 Å². The van der Waals surface area contributed by atoms with Gasteiger partial charge in [0.25, 0.3) is 15.9 Å². The standard InChI is InChI=1S/C19H20N4O3S2/c1-13-8-10-16(11-9-13)17(24)21-18-22-23-19(27-18)28(25,26)20-12-14(2)15-6-4-3-5-7-15/h3-11,14,20H,12H2,1-2H3,(H,21,22,24)/t14-/m0/s1. The van der Waals surface area contributed by atoms with Crippen LogP contribution in [-0.4, -0.2) is 31.1 Å². The molecule has 0 spiro atoms. The van der Waals surface area contributed by atoms with Crippen molar-refractivity contribution < 1.29 is 13.2 Å². The molecule has 146 valence electrons. The van der Waals surface area contributed by atoms with Crippen molar-refractivity contribution in [2.45, 2.75) is 24.1 Å². The second-order valence-electron chi connectivity index (χ2n) is 6.36. The number of aryl methyl sites for hydroxylation is 1. The van der Waals surface area contributed by atoms with Crippen molar-refractivity contribution in [1.82, 2.24) is 14.9 Å². The van der Waals surface area contributed by atoms with E-state index in [4.69, 9.17) is 0 Å². The van der Waals surface area contributed by atoms with Crippen molar-refractivity contribution >= 4 is 32.4 Å². The van der Waals surface area contributed by atoms with Crippen molar-refractivity contribution in [2.75, 3.05) is 11.9 Å². The van der Waals surface area contributed by atoms with Crippen LogP contribution in [0.15, 0.2) is 58.9 Å². The van der Waals surface area contributed by atoms with E-state index in [0.717, 1.165) is 22.5 Å². The Bertz CT molecular complexity index is 1050. The highest BCUT2D eigenvalue weighted by Gasteiger charge is 2.22. The van der Waals surface area contributed by atoms with Gasteiger partial charge in [0.2, 0.25) is 9.47 Å². The number of nitrogens with one attached hydrogen (secondary N) is 2. The first-order chi connectivity index (χ1) is 13.3. The maximum absolute atomic E-state index is 12.5. The monoisotopic (exact) mass is 416 g/mol. The van der Waals surface area contributed by atoms with Crippen LogP contribution >= 0.6 is 11.3 Å². The summed E-state index contributed by atoms with van der Waals surface area (Å²) in [5.74, 6) is -0.365. The first-order valence-electron chi connectivity index (χ1n) is 8.61. The van der Waals surface area contributed by atoms with E-state index in [1.807, 2.05) is 56.3 Å². The first-order valence-corrected chi connectivity index (χ1v) is 10.9. The second kappa shape index (κ2) is 8.59. The van der Waals surface area contributed by atoms with Crippen LogP contribution in [0.1, 0.15) is 34.3 Å². The highest BCUT2D eigenvalue weighted by atomic mass is 32.2. The van der Waals surface area contributed by atoms with Crippen LogP contribution in [0.25, 0.3) is 0 Å². The molecule has 0 radical (unpaired) electrons. The van der Waals surface area contributed by atoms with Crippen LogP contribution in [0.2, 0.25) is 0 Å². The Hall–Kier alpha value is -2.62. The van der Waals surface area contributed by atoms with Gasteiger partial charge in [-0.05, 0) is 30.5 Å². The van der Waals surface area contributed by atoms with Gasteiger partial charge in [-0.15, -0.1) is 10.2 Å². The molecule has 7 nitrogen and oxygen atoms in total. The fourth-order valence-electron chi connectivity index (χ4n) is 2.44. The molecule has 0 bridgehead atoms. The van der Waals surface area contributed by atoms with E-state index in [1.165, 1.54) is 0 Å². The van der Waals surface area contributed by atoms with Crippen LogP contribution < -0.4 is 10.0 Å². The van der Waals surface area contributed by atoms with Gasteiger partial charge >= 0.3 is 0 Å². The van der Waals surface area contributed by atoms with Gasteiger partial charge in [-0.2, -0.15) is 0 Å². The van der Waals surface area contributed by atoms with Crippen LogP contribution in [0.4, 0.5) is 5.13 Å². The van der Waals surface area contributed by atoms with E-state index >= 15 is 0 Å². The molecule has 1 heterocycles. The molecule has 0 aliphatic rings. The molecule has 2 N–H and O–H groups in total. The van der Waals surface area contributed by atoms with Crippen molar-refractivity contribution in [3.05, 3.63) is 71.3 Å². The average molecular weight is 417 g/mol. The normalized spacial score (nSPS) is 12.5. The molecular formula is C19H20N4O3S2. The number of benzene rings is 2. The number of hydrogen-bond donors (Lipinski definition) is 2. The van der Waals surface area contributed by atoms with Gasteiger partial charge in [-0.1, -0.05) is 66.3 Å². The Kier molecular flexibility index (Phi) is 6.18. The lowest BCUT2D eigenvalue weighted by atomic mass is 10.0. The van der Waals surface area contributed by atoms with Gasteiger partial charge in [0, 0.05) is 12.1 Å². The molecule has 9 heteroatoms. The summed E-state index contributed by atoms with van der Waals surface area (Å²) in [6, 6.07) is 16.7. The van der Waals surface area contributed by atoms with E-state index in [9.17, 15) is 13.2 Å². The minimum Gasteiger partial charge on any atom is -0.296 e. The smallest absolute Gasteiger partial charge is 0.269 e. The number of carbonyl (C=O) groups excluding carboxylic acids is 1. The van der Waals surface area contributed by atoms with Crippen molar-refractivity contribution in [2.24, 2.45) is 0 Å². The number of anilines is 1. The van der Waals surface area contributed by atoms with E-state index in [2.05, 4.69) is 20.2 Å². The van der Waals surface area contributed by atoms with Crippen LogP contribution in [0, 0.1) is 6.92 Å². The number of hydrogen-bond acceptors (Lipinski definition) is 6. The summed E-state index contributed by atoms with van der Waals surface area (Å²) in [4.78, 5) is 12.2. The van der Waals surface area contributed by atoms with Crippen molar-refractivity contribution in [3.8, 4) is 0 Å². The van der Waals surface area contributed by atoms with E-state index in [1.54, 1.807) is 12.1 Å². The Labute approximate surface area is 167 Å².